The largest absolute Gasteiger partial charge is 0.497 e. The van der Waals surface area contributed by atoms with Crippen LogP contribution in [-0.4, -0.2) is 78.4 Å². The standard InChI is InChI=1S/C30H46N4O5S/c1-5-20(2)26-30(38)34-17-10-12-25(34)29(37)31-23(11-8-6-7-9-18-40-4)27(35)32-24(28(36)33-26)19-21-13-15-22(39-3)16-14-21/h13-16,20,23-26H,5-12,17-19H2,1-4H3,(H,31,37)(H,32,35)(H,33,36)/t20?,23-,24+,25+,26-/m0/s1. The van der Waals surface area contributed by atoms with E-state index >= 15 is 0 Å². The third-order valence-electron chi connectivity index (χ3n) is 8.07. The highest BCUT2D eigenvalue weighted by atomic mass is 32.2. The van der Waals surface area contributed by atoms with E-state index in [1.165, 1.54) is 0 Å². The van der Waals surface area contributed by atoms with Crippen molar-refractivity contribution in [2.24, 2.45) is 5.92 Å². The van der Waals surface area contributed by atoms with E-state index in [1.807, 2.05) is 49.9 Å². The van der Waals surface area contributed by atoms with Crippen LogP contribution in [0.1, 0.15) is 70.8 Å². The number of methoxy groups -OCH3 is 1. The van der Waals surface area contributed by atoms with E-state index < -0.39 is 30.1 Å². The topological polar surface area (TPSA) is 117 Å². The molecule has 0 spiro atoms. The molecule has 1 unspecified atom stereocenters. The average Bonchev–Trinajstić information content (AvgIpc) is 3.46. The van der Waals surface area contributed by atoms with Gasteiger partial charge < -0.3 is 25.6 Å². The summed E-state index contributed by atoms with van der Waals surface area (Å²) in [4.78, 5) is 56.1. The van der Waals surface area contributed by atoms with Gasteiger partial charge in [-0.1, -0.05) is 51.7 Å². The third kappa shape index (κ3) is 8.62. The highest BCUT2D eigenvalue weighted by molar-refractivity contribution is 7.98. The molecule has 0 aliphatic carbocycles. The molecule has 0 radical (unpaired) electrons. The van der Waals surface area contributed by atoms with Crippen molar-refractivity contribution in [3.63, 3.8) is 0 Å². The number of fused-ring (bicyclic) bond motifs is 1. The van der Waals surface area contributed by atoms with Crippen molar-refractivity contribution in [3.8, 4) is 5.75 Å². The molecule has 222 valence electrons. The van der Waals surface area contributed by atoms with Crippen molar-refractivity contribution in [3.05, 3.63) is 29.8 Å². The van der Waals surface area contributed by atoms with Crippen molar-refractivity contribution >= 4 is 35.4 Å². The van der Waals surface area contributed by atoms with Crippen LogP contribution in [0.2, 0.25) is 0 Å². The molecule has 2 fully saturated rings. The summed E-state index contributed by atoms with van der Waals surface area (Å²) in [6.07, 6.45) is 8.65. The molecule has 2 saturated heterocycles. The van der Waals surface area contributed by atoms with Crippen LogP contribution in [0.3, 0.4) is 0 Å². The van der Waals surface area contributed by atoms with Crippen LogP contribution in [0.5, 0.6) is 5.75 Å². The van der Waals surface area contributed by atoms with Crippen LogP contribution in [0, 0.1) is 5.92 Å². The molecule has 10 heteroatoms. The molecule has 1 aromatic carbocycles. The molecule has 3 rings (SSSR count). The predicted molar refractivity (Wildman–Crippen MR) is 158 cm³/mol. The normalized spacial score (nSPS) is 24.8. The van der Waals surface area contributed by atoms with Crippen LogP contribution in [0.4, 0.5) is 0 Å². The fraction of sp³-hybridized carbons (Fsp3) is 0.667. The Morgan fingerprint density at radius 1 is 0.950 bits per heavy atom. The Balaban J connectivity index is 1.88. The fourth-order valence-corrected chi connectivity index (χ4v) is 5.88. The Morgan fingerprint density at radius 2 is 1.62 bits per heavy atom. The summed E-state index contributed by atoms with van der Waals surface area (Å²) in [5.74, 6) is 0.352. The number of hydrogen-bond acceptors (Lipinski definition) is 6. The maximum absolute atomic E-state index is 13.7. The van der Waals surface area contributed by atoms with E-state index in [2.05, 4.69) is 22.2 Å². The molecule has 3 N–H and O–H groups in total. The number of rotatable bonds is 12. The number of hydrogen-bond donors (Lipinski definition) is 3. The minimum absolute atomic E-state index is 0.139. The lowest BCUT2D eigenvalue weighted by atomic mass is 9.95. The summed E-state index contributed by atoms with van der Waals surface area (Å²) in [6.45, 7) is 4.35. The number of nitrogens with one attached hydrogen (secondary N) is 3. The maximum Gasteiger partial charge on any atom is 0.246 e. The molecule has 2 aliphatic heterocycles. The van der Waals surface area contributed by atoms with Crippen LogP contribution < -0.4 is 20.7 Å². The van der Waals surface area contributed by atoms with Gasteiger partial charge in [0.05, 0.1) is 7.11 Å². The molecule has 40 heavy (non-hydrogen) atoms. The van der Waals surface area contributed by atoms with Crippen molar-refractivity contribution in [2.75, 3.05) is 25.7 Å². The number of nitrogens with zero attached hydrogens (tertiary/aromatic N) is 1. The fourth-order valence-electron chi connectivity index (χ4n) is 5.38. The van der Waals surface area contributed by atoms with Gasteiger partial charge in [0, 0.05) is 13.0 Å². The van der Waals surface area contributed by atoms with Crippen LogP contribution in [-0.2, 0) is 25.6 Å². The zero-order valence-electron chi connectivity index (χ0n) is 24.4. The smallest absolute Gasteiger partial charge is 0.246 e. The predicted octanol–water partition coefficient (Wildman–Crippen LogP) is 3.06. The van der Waals surface area contributed by atoms with Gasteiger partial charge in [0.2, 0.25) is 23.6 Å². The van der Waals surface area contributed by atoms with Gasteiger partial charge in [0.25, 0.3) is 0 Å². The molecule has 0 saturated carbocycles. The molecule has 9 nitrogen and oxygen atoms in total. The van der Waals surface area contributed by atoms with Gasteiger partial charge in [0.15, 0.2) is 0 Å². The first kappa shape index (κ1) is 31.8. The first-order valence-corrected chi connectivity index (χ1v) is 16.0. The van der Waals surface area contributed by atoms with Crippen molar-refractivity contribution < 1.29 is 23.9 Å². The second kappa shape index (κ2) is 15.9. The lowest BCUT2D eigenvalue weighted by Gasteiger charge is -2.34. The van der Waals surface area contributed by atoms with Gasteiger partial charge >= 0.3 is 0 Å². The van der Waals surface area contributed by atoms with Gasteiger partial charge in [-0.3, -0.25) is 19.2 Å². The Morgan fingerprint density at radius 3 is 2.30 bits per heavy atom. The Bertz CT molecular complexity index is 1000. The molecule has 2 aliphatic rings. The van der Waals surface area contributed by atoms with Crippen LogP contribution in [0.25, 0.3) is 0 Å². The molecular weight excluding hydrogens is 528 g/mol. The van der Waals surface area contributed by atoms with Crippen molar-refractivity contribution in [1.82, 2.24) is 20.9 Å². The zero-order valence-corrected chi connectivity index (χ0v) is 25.2. The molecule has 0 aromatic heterocycles. The first-order valence-electron chi connectivity index (χ1n) is 14.6. The number of unbranched alkanes of at least 4 members (excludes halogenated alkanes) is 3. The summed E-state index contributed by atoms with van der Waals surface area (Å²) in [7, 11) is 1.59. The summed E-state index contributed by atoms with van der Waals surface area (Å²) >= 11 is 1.82. The van der Waals surface area contributed by atoms with Gasteiger partial charge in [-0.2, -0.15) is 11.8 Å². The van der Waals surface area contributed by atoms with E-state index in [1.54, 1.807) is 12.0 Å². The molecule has 0 bridgehead atoms. The average molecular weight is 575 g/mol. The van der Waals surface area contributed by atoms with Crippen LogP contribution in [0.15, 0.2) is 24.3 Å². The minimum atomic E-state index is -0.907. The lowest BCUT2D eigenvalue weighted by molar-refractivity contribution is -0.144. The van der Waals surface area contributed by atoms with Gasteiger partial charge in [-0.05, 0) is 61.3 Å². The number of carbonyl (C=O) groups is 4. The Kier molecular flexibility index (Phi) is 12.6. The summed E-state index contributed by atoms with van der Waals surface area (Å²) in [5.41, 5.74) is 0.841. The van der Waals surface area contributed by atoms with Gasteiger partial charge in [-0.15, -0.1) is 0 Å². The van der Waals surface area contributed by atoms with E-state index in [-0.39, 0.29) is 30.1 Å². The molecule has 5 atom stereocenters. The molecular formula is C30H46N4O5S. The number of amides is 4. The zero-order chi connectivity index (χ0) is 29.1. The molecule has 2 heterocycles. The van der Waals surface area contributed by atoms with E-state index in [9.17, 15) is 19.2 Å². The summed E-state index contributed by atoms with van der Waals surface area (Å²) in [6, 6.07) is 4.23. The Hall–Kier alpha value is -2.75. The van der Waals surface area contributed by atoms with E-state index in [0.717, 1.165) is 37.0 Å². The van der Waals surface area contributed by atoms with E-state index in [4.69, 9.17) is 4.74 Å². The second-order valence-electron chi connectivity index (χ2n) is 10.9. The Labute approximate surface area is 242 Å². The molecule has 4 amide bonds. The lowest BCUT2D eigenvalue weighted by Crippen LogP contribution is -2.62. The maximum atomic E-state index is 13.7. The minimum Gasteiger partial charge on any atom is -0.497 e. The number of ether oxygens (including phenoxy) is 1. The van der Waals surface area contributed by atoms with E-state index in [0.29, 0.717) is 38.0 Å². The second-order valence-corrected chi connectivity index (χ2v) is 11.9. The summed E-state index contributed by atoms with van der Waals surface area (Å²) < 4.78 is 5.25. The number of benzene rings is 1. The third-order valence-corrected chi connectivity index (χ3v) is 8.77. The number of carbonyl (C=O) groups excluding carboxylic acids is 4. The van der Waals surface area contributed by atoms with Crippen LogP contribution >= 0.6 is 11.8 Å². The quantitative estimate of drug-likeness (QED) is 0.331. The SMILES string of the molecule is CCC(C)[C@@H]1NC(=O)[C@@H](Cc2ccc(OC)cc2)NC(=O)[C@H](CCCCCCSC)NC(=O)[C@H]2CCCN2C1=O. The van der Waals surface area contributed by atoms with Gasteiger partial charge in [-0.25, -0.2) is 0 Å². The van der Waals surface area contributed by atoms with Gasteiger partial charge in [0.1, 0.15) is 29.9 Å². The highest BCUT2D eigenvalue weighted by Gasteiger charge is 2.41. The highest BCUT2D eigenvalue weighted by Crippen LogP contribution is 2.23. The number of thioether (sulfide) groups is 1. The summed E-state index contributed by atoms with van der Waals surface area (Å²) in [5, 5.41) is 8.83. The molecule has 1 aromatic rings. The first-order chi connectivity index (χ1) is 19.3. The van der Waals surface area contributed by atoms with Crippen molar-refractivity contribution in [1.29, 1.82) is 0 Å². The van der Waals surface area contributed by atoms with Crippen molar-refractivity contribution in [2.45, 2.75) is 95.8 Å². The monoisotopic (exact) mass is 574 g/mol.